The van der Waals surface area contributed by atoms with Crippen molar-refractivity contribution in [3.63, 3.8) is 0 Å². The molecule has 0 saturated carbocycles. The molecule has 0 aromatic rings. The van der Waals surface area contributed by atoms with E-state index in [1.165, 1.54) is 0 Å². The SMILES string of the molecule is O.O.O=[SH]O.[NaH]. The molecule has 0 atom stereocenters. The Labute approximate surface area is 61.2 Å². The van der Waals surface area contributed by atoms with Gasteiger partial charge in [-0.05, 0) is 0 Å². The Morgan fingerprint density at radius 2 is 1.33 bits per heavy atom. The van der Waals surface area contributed by atoms with E-state index in [-0.39, 0.29) is 40.5 Å². The summed E-state index contributed by atoms with van der Waals surface area (Å²) in [7, 11) is 0. The molecule has 0 unspecified atom stereocenters. The first kappa shape index (κ1) is 27.8. The van der Waals surface area contributed by atoms with Crippen LogP contribution in [0.5, 0.6) is 0 Å². The van der Waals surface area contributed by atoms with Gasteiger partial charge in [0.1, 0.15) is 11.9 Å². The van der Waals surface area contributed by atoms with E-state index in [1.807, 2.05) is 0 Å². The maximum absolute atomic E-state index is 8.46. The van der Waals surface area contributed by atoms with Gasteiger partial charge in [-0.3, -0.25) is 0 Å². The second-order valence-electron chi connectivity index (χ2n) is 0.0816. The second-order valence-corrected chi connectivity index (χ2v) is 0.245. The molecular formula is H7NaO4S. The molecule has 0 aliphatic heterocycles. The molecule has 4 nitrogen and oxygen atoms in total. The normalized spacial score (nSPS) is 2.83. The molecule has 0 fully saturated rings. The standard InChI is InChI=1S/Na.H2O2S.2H2O.H/c;1-3-2;;;/h;3H,(H,1,2);2*1H2;. The second kappa shape index (κ2) is 37.0. The van der Waals surface area contributed by atoms with E-state index in [0.29, 0.717) is 0 Å². The summed E-state index contributed by atoms with van der Waals surface area (Å²) in [5, 5.41) is 0. The molecule has 5 N–H and O–H groups in total. The van der Waals surface area contributed by atoms with E-state index in [0.717, 1.165) is 0 Å². The van der Waals surface area contributed by atoms with E-state index in [9.17, 15) is 0 Å². The Morgan fingerprint density at radius 3 is 1.33 bits per heavy atom. The Hall–Kier alpha value is 1.03. The number of thiol groups is 1. The van der Waals surface area contributed by atoms with Crippen molar-refractivity contribution in [2.24, 2.45) is 0 Å². The molecule has 0 radical (unpaired) electrons. The number of rotatable bonds is 0. The first-order chi connectivity index (χ1) is 1.41. The van der Waals surface area contributed by atoms with Crippen LogP contribution in [0.2, 0.25) is 0 Å². The number of hydrogen-bond donors (Lipinski definition) is 2. The maximum atomic E-state index is 8.46. The summed E-state index contributed by atoms with van der Waals surface area (Å²) in [5.74, 6) is 0. The predicted molar refractivity (Wildman–Crippen MR) is 26.5 cm³/mol. The van der Waals surface area contributed by atoms with Gasteiger partial charge in [0, 0.05) is 0 Å². The fourth-order valence-electron chi connectivity index (χ4n) is 0. The Bertz CT molecular complexity index is 15.0. The van der Waals surface area contributed by atoms with Crippen molar-refractivity contribution in [3.8, 4) is 0 Å². The van der Waals surface area contributed by atoms with Crippen LogP contribution in [0.3, 0.4) is 0 Å². The summed E-state index contributed by atoms with van der Waals surface area (Å²) in [6, 6.07) is 0. The van der Waals surface area contributed by atoms with Crippen LogP contribution in [0, 0.1) is 0 Å². The van der Waals surface area contributed by atoms with Crippen LogP contribution in [-0.4, -0.2) is 49.3 Å². The van der Waals surface area contributed by atoms with Crippen LogP contribution in [0.15, 0.2) is 0 Å². The molecular weight excluding hydrogens is 119 g/mol. The monoisotopic (exact) mass is 126 g/mol. The minimum atomic E-state index is -0.833. The summed E-state index contributed by atoms with van der Waals surface area (Å²) < 4.78 is 15.4. The van der Waals surface area contributed by atoms with E-state index in [2.05, 4.69) is 0 Å². The van der Waals surface area contributed by atoms with Crippen molar-refractivity contribution in [2.75, 3.05) is 0 Å². The molecule has 38 valence electrons. The molecule has 0 aromatic heterocycles. The van der Waals surface area contributed by atoms with Crippen LogP contribution in [0.25, 0.3) is 0 Å². The molecule has 0 aliphatic carbocycles. The fourth-order valence-corrected chi connectivity index (χ4v) is 0. The van der Waals surface area contributed by atoms with Crippen molar-refractivity contribution < 1.29 is 19.7 Å². The van der Waals surface area contributed by atoms with Gasteiger partial charge in [-0.25, -0.2) is 4.21 Å². The molecule has 0 aromatic carbocycles. The third-order valence-electron chi connectivity index (χ3n) is 0. The third-order valence-corrected chi connectivity index (χ3v) is 0. The van der Waals surface area contributed by atoms with Gasteiger partial charge in [-0.15, -0.1) is 0 Å². The van der Waals surface area contributed by atoms with Crippen LogP contribution >= 0.6 is 0 Å². The van der Waals surface area contributed by atoms with Crippen LogP contribution in [0.4, 0.5) is 0 Å². The van der Waals surface area contributed by atoms with Crippen LogP contribution < -0.4 is 0 Å². The molecule has 0 heterocycles. The van der Waals surface area contributed by atoms with E-state index >= 15 is 0 Å². The number of hydrogen-bond acceptors (Lipinski definition) is 1. The van der Waals surface area contributed by atoms with E-state index < -0.39 is 11.9 Å². The van der Waals surface area contributed by atoms with Crippen molar-refractivity contribution in [1.82, 2.24) is 0 Å². The zero-order valence-electron chi connectivity index (χ0n) is 2.30. The Balaban J connectivity index is -0.00000000667. The average Bonchev–Trinajstić information content (AvgIpc) is 0.918. The summed E-state index contributed by atoms with van der Waals surface area (Å²) in [4.78, 5) is 0. The van der Waals surface area contributed by atoms with Crippen molar-refractivity contribution >= 4 is 41.5 Å². The summed E-state index contributed by atoms with van der Waals surface area (Å²) >= 11 is -0.833. The molecule has 0 bridgehead atoms. The predicted octanol–water partition coefficient (Wildman–Crippen LogP) is -2.89. The van der Waals surface area contributed by atoms with E-state index in [4.69, 9.17) is 8.76 Å². The average molecular weight is 126 g/mol. The zero-order chi connectivity index (χ0) is 2.71. The molecule has 0 rings (SSSR count). The van der Waals surface area contributed by atoms with Crippen molar-refractivity contribution in [2.45, 2.75) is 0 Å². The molecule has 6 heteroatoms. The van der Waals surface area contributed by atoms with Gasteiger partial charge in [0.05, 0.1) is 0 Å². The molecule has 0 aliphatic rings. The van der Waals surface area contributed by atoms with Gasteiger partial charge in [-0.1, -0.05) is 0 Å². The van der Waals surface area contributed by atoms with Gasteiger partial charge in [0.2, 0.25) is 0 Å². The van der Waals surface area contributed by atoms with Gasteiger partial charge < -0.3 is 15.5 Å². The summed E-state index contributed by atoms with van der Waals surface area (Å²) in [6.07, 6.45) is 0. The summed E-state index contributed by atoms with van der Waals surface area (Å²) in [6.45, 7) is 0. The Morgan fingerprint density at radius 1 is 1.33 bits per heavy atom. The van der Waals surface area contributed by atoms with Crippen molar-refractivity contribution in [3.05, 3.63) is 0 Å². The zero-order valence-corrected chi connectivity index (χ0v) is 3.20. The van der Waals surface area contributed by atoms with E-state index in [1.54, 1.807) is 0 Å². The van der Waals surface area contributed by atoms with Gasteiger partial charge in [0.25, 0.3) is 0 Å². The summed E-state index contributed by atoms with van der Waals surface area (Å²) in [5.41, 5.74) is 0. The van der Waals surface area contributed by atoms with Gasteiger partial charge in [0.15, 0.2) is 0 Å². The van der Waals surface area contributed by atoms with Crippen molar-refractivity contribution in [1.29, 1.82) is 0 Å². The Kier molecular flexibility index (Phi) is 172. The molecule has 0 saturated heterocycles. The van der Waals surface area contributed by atoms with Crippen LogP contribution in [-0.2, 0) is 11.9 Å². The third kappa shape index (κ3) is 77.0. The molecule has 0 spiro atoms. The van der Waals surface area contributed by atoms with Gasteiger partial charge in [-0.2, -0.15) is 0 Å². The fraction of sp³-hybridized carbons (Fsp3) is 0. The first-order valence-electron chi connectivity index (χ1n) is 0.383. The molecule has 6 heavy (non-hydrogen) atoms. The molecule has 0 amide bonds. The van der Waals surface area contributed by atoms with Crippen LogP contribution in [0.1, 0.15) is 0 Å². The van der Waals surface area contributed by atoms with Gasteiger partial charge >= 0.3 is 29.6 Å². The first-order valence-corrected chi connectivity index (χ1v) is 1.15. The topological polar surface area (TPSA) is 100 Å². The quantitative estimate of drug-likeness (QED) is 0.207. The minimum absolute atomic E-state index is 0.